The fourth-order valence-corrected chi connectivity index (χ4v) is 6.70. The maximum Gasteiger partial charge on any atom is 0.412 e. The van der Waals surface area contributed by atoms with Gasteiger partial charge in [-0.2, -0.15) is 0 Å². The molecule has 0 unspecified atom stereocenters. The van der Waals surface area contributed by atoms with Crippen LogP contribution in [0, 0.1) is 0 Å². The van der Waals surface area contributed by atoms with Crippen molar-refractivity contribution < 1.29 is 33.2 Å². The molecule has 1 amide bonds. The number of carbonyl (C=O) groups is 1. The first-order valence-corrected chi connectivity index (χ1v) is 17.3. The maximum atomic E-state index is 13.1. The molecule has 0 aromatic heterocycles. The quantitative estimate of drug-likeness (QED) is 0.149. The number of carbonyl (C=O) groups excluding carboxylic acids is 1. The van der Waals surface area contributed by atoms with Crippen molar-refractivity contribution in [1.29, 1.82) is 0 Å². The maximum absolute atomic E-state index is 13.1. The van der Waals surface area contributed by atoms with Gasteiger partial charge in [-0.15, -0.1) is 0 Å². The minimum Gasteiger partial charge on any atom is -0.497 e. The molecule has 44 heavy (non-hydrogen) atoms. The highest BCUT2D eigenvalue weighted by atomic mass is 16.9. The van der Waals surface area contributed by atoms with Crippen molar-refractivity contribution in [2.45, 2.75) is 141 Å². The molecule has 0 bridgehead atoms. The Morgan fingerprint density at radius 1 is 0.932 bits per heavy atom. The van der Waals surface area contributed by atoms with E-state index < -0.39 is 29.9 Å². The van der Waals surface area contributed by atoms with Gasteiger partial charge in [-0.05, 0) is 89.9 Å². The van der Waals surface area contributed by atoms with Gasteiger partial charge in [0.15, 0.2) is 18.0 Å². The lowest BCUT2D eigenvalue weighted by atomic mass is 10.0. The third-order valence-corrected chi connectivity index (χ3v) is 8.97. The lowest BCUT2D eigenvalue weighted by Gasteiger charge is -2.29. The third kappa shape index (κ3) is 10.6. The molecule has 0 saturated carbocycles. The van der Waals surface area contributed by atoms with Gasteiger partial charge in [0.05, 0.1) is 7.11 Å². The fourth-order valence-electron chi connectivity index (χ4n) is 6.70. The van der Waals surface area contributed by atoms with Crippen LogP contribution in [0.2, 0.25) is 0 Å². The van der Waals surface area contributed by atoms with Crippen LogP contribution in [0.4, 0.5) is 10.5 Å². The highest BCUT2D eigenvalue weighted by molar-refractivity contribution is 5.84. The Hall–Kier alpha value is -1.91. The molecule has 4 rings (SSSR count). The third-order valence-electron chi connectivity index (χ3n) is 8.97. The number of rotatable bonds is 20. The molecule has 3 aliphatic rings. The molecule has 1 aromatic rings. The van der Waals surface area contributed by atoms with Gasteiger partial charge in [0, 0.05) is 12.3 Å². The predicted octanol–water partition coefficient (Wildman–Crippen LogP) is 7.67. The van der Waals surface area contributed by atoms with Gasteiger partial charge in [-0.25, -0.2) is 4.79 Å². The van der Waals surface area contributed by atoms with Crippen molar-refractivity contribution in [2.75, 3.05) is 45.3 Å². The Morgan fingerprint density at radius 3 is 2.25 bits per heavy atom. The monoisotopic (exact) mass is 618 g/mol. The van der Waals surface area contributed by atoms with E-state index in [9.17, 15) is 4.79 Å². The number of amides is 1. The molecular formula is C35H58N2O7. The van der Waals surface area contributed by atoms with E-state index in [1.54, 1.807) is 31.4 Å². The van der Waals surface area contributed by atoms with Crippen LogP contribution in [0.25, 0.3) is 0 Å². The van der Waals surface area contributed by atoms with Gasteiger partial charge in [0.2, 0.25) is 5.79 Å². The molecule has 3 aliphatic heterocycles. The zero-order chi connectivity index (χ0) is 31.3. The predicted molar refractivity (Wildman–Crippen MR) is 172 cm³/mol. The number of likely N-dealkylation sites (tertiary alicyclic amines) is 1. The lowest BCUT2D eigenvalue weighted by Crippen LogP contribution is -2.46. The summed E-state index contributed by atoms with van der Waals surface area (Å²) >= 11 is 0. The highest BCUT2D eigenvalue weighted by Gasteiger charge is 2.66. The van der Waals surface area contributed by atoms with Crippen LogP contribution in [0.1, 0.15) is 111 Å². The summed E-state index contributed by atoms with van der Waals surface area (Å²) in [5.41, 5.74) is 0.621. The van der Waals surface area contributed by atoms with Crippen LogP contribution in [-0.2, 0) is 23.7 Å². The average Bonchev–Trinajstić information content (AvgIpc) is 3.68. The number of methoxy groups -OCH3 is 1. The second-order valence-corrected chi connectivity index (χ2v) is 13.2. The molecule has 3 heterocycles. The van der Waals surface area contributed by atoms with E-state index in [2.05, 4.69) is 17.1 Å². The van der Waals surface area contributed by atoms with Gasteiger partial charge in [0.25, 0.3) is 0 Å². The van der Waals surface area contributed by atoms with E-state index in [0.717, 1.165) is 45.3 Å². The first-order chi connectivity index (χ1) is 21.3. The summed E-state index contributed by atoms with van der Waals surface area (Å²) in [5, 5.41) is 2.84. The summed E-state index contributed by atoms with van der Waals surface area (Å²) in [7, 11) is 1.61. The standard InChI is InChI=1S/C35H58N2O7/c1-5-6-7-8-9-10-11-12-13-16-26-40-27-35-32(43-34(2,3)44-35)31(30(42-35)18-17-25-37-23-14-15-24-37)41-33(38)36-28-19-21-29(39-4)22-20-28/h19-22,30-32H,5-18,23-27H2,1-4H3,(H,36,38)/t30-,31+,32-,35-/m0/s1. The molecule has 250 valence electrons. The lowest BCUT2D eigenvalue weighted by molar-refractivity contribution is -0.278. The summed E-state index contributed by atoms with van der Waals surface area (Å²) in [5.74, 6) is -1.29. The van der Waals surface area contributed by atoms with E-state index in [-0.39, 0.29) is 12.7 Å². The second-order valence-electron chi connectivity index (χ2n) is 13.2. The van der Waals surface area contributed by atoms with E-state index in [0.29, 0.717) is 18.0 Å². The highest BCUT2D eigenvalue weighted by Crippen LogP contribution is 2.47. The molecule has 0 spiro atoms. The second kappa shape index (κ2) is 17.7. The van der Waals surface area contributed by atoms with Crippen molar-refractivity contribution in [2.24, 2.45) is 0 Å². The zero-order valence-electron chi connectivity index (χ0n) is 27.8. The molecule has 9 nitrogen and oxygen atoms in total. The Morgan fingerprint density at radius 2 is 1.59 bits per heavy atom. The Balaban J connectivity index is 1.30. The molecule has 0 radical (unpaired) electrons. The number of ether oxygens (including phenoxy) is 6. The van der Waals surface area contributed by atoms with Gasteiger partial charge >= 0.3 is 6.09 Å². The molecule has 0 aliphatic carbocycles. The number of benzene rings is 1. The summed E-state index contributed by atoms with van der Waals surface area (Å²) in [4.78, 5) is 15.6. The normalized spacial score (nSPS) is 26.1. The molecule has 9 heteroatoms. The number of anilines is 1. The molecule has 3 fully saturated rings. The smallest absolute Gasteiger partial charge is 0.412 e. The Kier molecular flexibility index (Phi) is 14.1. The van der Waals surface area contributed by atoms with Gasteiger partial charge in [0.1, 0.15) is 18.5 Å². The van der Waals surface area contributed by atoms with E-state index >= 15 is 0 Å². The molecular weight excluding hydrogens is 560 g/mol. The minimum absolute atomic E-state index is 0.237. The summed E-state index contributed by atoms with van der Waals surface area (Å²) < 4.78 is 36.9. The van der Waals surface area contributed by atoms with Crippen LogP contribution in [-0.4, -0.2) is 80.8 Å². The summed E-state index contributed by atoms with van der Waals surface area (Å²) in [6.45, 7) is 10.2. The van der Waals surface area contributed by atoms with Crippen molar-refractivity contribution in [3.8, 4) is 5.75 Å². The fraction of sp³-hybridized carbons (Fsp3) is 0.800. The minimum atomic E-state index is -1.12. The van der Waals surface area contributed by atoms with E-state index in [1.165, 1.54) is 64.2 Å². The van der Waals surface area contributed by atoms with Crippen LogP contribution in [0.15, 0.2) is 24.3 Å². The van der Waals surface area contributed by atoms with Crippen LogP contribution >= 0.6 is 0 Å². The Bertz CT molecular complexity index is 968. The number of hydrogen-bond acceptors (Lipinski definition) is 8. The number of nitrogens with zero attached hydrogens (tertiary/aromatic N) is 1. The van der Waals surface area contributed by atoms with Gasteiger partial charge in [-0.1, -0.05) is 64.7 Å². The van der Waals surface area contributed by atoms with Gasteiger partial charge < -0.3 is 33.3 Å². The zero-order valence-corrected chi connectivity index (χ0v) is 27.8. The number of unbranched alkanes of at least 4 members (excludes halogenated alkanes) is 9. The molecule has 1 N–H and O–H groups in total. The average molecular weight is 619 g/mol. The van der Waals surface area contributed by atoms with E-state index in [4.69, 9.17) is 28.4 Å². The Labute approximate surface area is 265 Å². The molecule has 4 atom stereocenters. The van der Waals surface area contributed by atoms with Crippen LogP contribution < -0.4 is 10.1 Å². The summed E-state index contributed by atoms with van der Waals surface area (Å²) in [6.07, 6.45) is 14.8. The topological polar surface area (TPSA) is 87.7 Å². The number of nitrogens with one attached hydrogen (secondary N) is 1. The van der Waals surface area contributed by atoms with Crippen LogP contribution in [0.3, 0.4) is 0 Å². The van der Waals surface area contributed by atoms with Crippen molar-refractivity contribution in [1.82, 2.24) is 4.90 Å². The first kappa shape index (κ1) is 35.0. The van der Waals surface area contributed by atoms with Crippen molar-refractivity contribution >= 4 is 11.8 Å². The van der Waals surface area contributed by atoms with Gasteiger partial charge in [-0.3, -0.25) is 5.32 Å². The molecule has 3 saturated heterocycles. The van der Waals surface area contributed by atoms with E-state index in [1.807, 2.05) is 13.8 Å². The summed E-state index contributed by atoms with van der Waals surface area (Å²) in [6, 6.07) is 7.15. The largest absolute Gasteiger partial charge is 0.497 e. The number of hydrogen-bond donors (Lipinski definition) is 1. The molecule has 1 aromatic carbocycles. The van der Waals surface area contributed by atoms with Crippen molar-refractivity contribution in [3.05, 3.63) is 24.3 Å². The first-order valence-electron chi connectivity index (χ1n) is 17.3. The van der Waals surface area contributed by atoms with Crippen LogP contribution in [0.5, 0.6) is 5.75 Å². The number of fused-ring (bicyclic) bond motifs is 1. The van der Waals surface area contributed by atoms with Crippen molar-refractivity contribution in [3.63, 3.8) is 0 Å². The SMILES string of the molecule is CCCCCCCCCCCCOC[C@@]12O[C@@H](CCCN3CCCC3)[C@@H](OC(=O)Nc3ccc(OC)cc3)[C@@H]1OC(C)(C)O2.